The van der Waals surface area contributed by atoms with Crippen LogP contribution in [-0.4, -0.2) is 41.7 Å². The highest BCUT2D eigenvalue weighted by molar-refractivity contribution is 7.14. The summed E-state index contributed by atoms with van der Waals surface area (Å²) in [5.41, 5.74) is 1.52. The third kappa shape index (κ3) is 5.00. The molecule has 0 spiro atoms. The summed E-state index contributed by atoms with van der Waals surface area (Å²) in [5.74, 6) is -1.44. The van der Waals surface area contributed by atoms with Gasteiger partial charge in [-0.05, 0) is 37.2 Å². The van der Waals surface area contributed by atoms with Gasteiger partial charge in [-0.2, -0.15) is 0 Å². The van der Waals surface area contributed by atoms with Crippen molar-refractivity contribution in [3.05, 3.63) is 46.8 Å². The Morgan fingerprint density at radius 1 is 1.26 bits per heavy atom. The van der Waals surface area contributed by atoms with Gasteiger partial charge < -0.3 is 9.84 Å². The lowest BCUT2D eigenvalue weighted by Gasteiger charge is -2.37. The molecule has 164 valence electrons. The second kappa shape index (κ2) is 9.94. The van der Waals surface area contributed by atoms with Crippen molar-refractivity contribution in [3.63, 3.8) is 0 Å². The summed E-state index contributed by atoms with van der Waals surface area (Å²) in [6.45, 7) is 1.71. The zero-order chi connectivity index (χ0) is 21.8. The van der Waals surface area contributed by atoms with E-state index in [1.165, 1.54) is 11.3 Å². The number of carbonyl (C=O) groups is 2. The number of aromatic nitrogens is 1. The van der Waals surface area contributed by atoms with Crippen LogP contribution in [0.25, 0.3) is 11.3 Å². The number of allylic oxidation sites excluding steroid dienone is 1. The average molecular weight is 461 g/mol. The van der Waals surface area contributed by atoms with Crippen molar-refractivity contribution in [1.29, 1.82) is 0 Å². The van der Waals surface area contributed by atoms with E-state index in [9.17, 15) is 14.7 Å². The van der Waals surface area contributed by atoms with Gasteiger partial charge in [0.25, 0.3) is 0 Å². The Balaban J connectivity index is 1.64. The standard InChI is InChI=1S/C23H25ClN2O4S/c24-19-7-2-1-6-17(19)20-14-31-23(25-20)26-10-4-3-5-16(15-8-11-30-12-9-15)18(22(26)29)13-21(27)28/h1-4,6-7,14-16,18H,5,8-13H2,(H,27,28)/b4-3-/t16-,18+/m1/s1. The van der Waals surface area contributed by atoms with E-state index in [4.69, 9.17) is 16.3 Å². The smallest absolute Gasteiger partial charge is 0.304 e. The van der Waals surface area contributed by atoms with Gasteiger partial charge in [0.1, 0.15) is 0 Å². The van der Waals surface area contributed by atoms with Crippen molar-refractivity contribution in [2.45, 2.75) is 25.7 Å². The van der Waals surface area contributed by atoms with Crippen LogP contribution in [0, 0.1) is 17.8 Å². The van der Waals surface area contributed by atoms with Crippen molar-refractivity contribution in [2.75, 3.05) is 24.7 Å². The maximum atomic E-state index is 13.6. The van der Waals surface area contributed by atoms with Crippen LogP contribution in [0.15, 0.2) is 41.8 Å². The van der Waals surface area contributed by atoms with Gasteiger partial charge in [-0.15, -0.1) is 11.3 Å². The fraction of sp³-hybridized carbons (Fsp3) is 0.435. The SMILES string of the molecule is O=C(O)C[C@@H]1C(=O)N(c2nc(-c3ccccc3Cl)cs2)C/C=C\C[C@@H]1C1CCOCC1. The Kier molecular flexibility index (Phi) is 7.05. The predicted octanol–water partition coefficient (Wildman–Crippen LogP) is 4.89. The molecule has 1 aromatic heterocycles. The fourth-order valence-corrected chi connectivity index (χ4v) is 5.59. The number of ether oxygens (including phenoxy) is 1. The number of thiazole rings is 1. The average Bonchev–Trinajstić information content (AvgIpc) is 3.24. The van der Waals surface area contributed by atoms with E-state index < -0.39 is 11.9 Å². The Morgan fingerprint density at radius 3 is 2.77 bits per heavy atom. The molecule has 0 radical (unpaired) electrons. The number of carboxylic acids is 1. The Bertz CT molecular complexity index is 970. The maximum Gasteiger partial charge on any atom is 0.304 e. The van der Waals surface area contributed by atoms with Gasteiger partial charge in [-0.25, -0.2) is 4.98 Å². The normalized spacial score (nSPS) is 23.9. The molecule has 0 bridgehead atoms. The first-order chi connectivity index (χ1) is 15.0. The van der Waals surface area contributed by atoms with Crippen molar-refractivity contribution in [1.82, 2.24) is 4.98 Å². The molecule has 1 aromatic carbocycles. The van der Waals surface area contributed by atoms with Crippen molar-refractivity contribution in [2.24, 2.45) is 17.8 Å². The molecular weight excluding hydrogens is 436 g/mol. The van der Waals surface area contributed by atoms with Gasteiger partial charge in [-0.3, -0.25) is 14.5 Å². The van der Waals surface area contributed by atoms with E-state index in [0.29, 0.717) is 42.0 Å². The summed E-state index contributed by atoms with van der Waals surface area (Å²) in [7, 11) is 0. The van der Waals surface area contributed by atoms with E-state index in [1.54, 1.807) is 11.0 Å². The summed E-state index contributed by atoms with van der Waals surface area (Å²) in [5, 5.41) is 12.6. The van der Waals surface area contributed by atoms with E-state index in [2.05, 4.69) is 11.1 Å². The van der Waals surface area contributed by atoms with E-state index in [-0.39, 0.29) is 24.2 Å². The highest BCUT2D eigenvalue weighted by Crippen LogP contribution is 2.38. The van der Waals surface area contributed by atoms with Crippen LogP contribution in [0.5, 0.6) is 0 Å². The van der Waals surface area contributed by atoms with Crippen LogP contribution < -0.4 is 4.90 Å². The predicted molar refractivity (Wildman–Crippen MR) is 121 cm³/mol. The molecule has 1 N–H and O–H groups in total. The molecule has 4 rings (SSSR count). The zero-order valence-electron chi connectivity index (χ0n) is 17.1. The molecule has 0 unspecified atom stereocenters. The number of carbonyl (C=O) groups excluding carboxylic acids is 1. The summed E-state index contributed by atoms with van der Waals surface area (Å²) in [6.07, 6.45) is 6.32. The maximum absolute atomic E-state index is 13.6. The Hall–Kier alpha value is -2.22. The largest absolute Gasteiger partial charge is 0.481 e. The van der Waals surface area contributed by atoms with Crippen LogP contribution in [0.4, 0.5) is 5.13 Å². The topological polar surface area (TPSA) is 79.7 Å². The van der Waals surface area contributed by atoms with E-state index in [0.717, 1.165) is 18.4 Å². The van der Waals surface area contributed by atoms with Crippen molar-refractivity contribution < 1.29 is 19.4 Å². The molecule has 8 heteroatoms. The van der Waals surface area contributed by atoms with Gasteiger partial charge in [0.15, 0.2) is 5.13 Å². The second-order valence-electron chi connectivity index (χ2n) is 7.97. The highest BCUT2D eigenvalue weighted by atomic mass is 35.5. The Labute approximate surface area is 190 Å². The number of aliphatic carboxylic acids is 1. The lowest BCUT2D eigenvalue weighted by atomic mass is 9.73. The van der Waals surface area contributed by atoms with Gasteiger partial charge in [-0.1, -0.05) is 42.0 Å². The van der Waals surface area contributed by atoms with E-state index in [1.807, 2.05) is 29.7 Å². The molecule has 6 nitrogen and oxygen atoms in total. The molecule has 2 atom stereocenters. The number of halogens is 1. The molecule has 1 amide bonds. The molecule has 0 aliphatic carbocycles. The summed E-state index contributed by atoms with van der Waals surface area (Å²) >= 11 is 7.68. The van der Waals surface area contributed by atoms with Crippen LogP contribution >= 0.6 is 22.9 Å². The number of carboxylic acid groups (broad SMARTS) is 1. The quantitative estimate of drug-likeness (QED) is 0.642. The fourth-order valence-electron chi connectivity index (χ4n) is 4.52. The van der Waals surface area contributed by atoms with Crippen LogP contribution in [0.2, 0.25) is 5.02 Å². The lowest BCUT2D eigenvalue weighted by molar-refractivity contribution is -0.142. The number of nitrogens with zero attached hydrogens (tertiary/aromatic N) is 2. The second-order valence-corrected chi connectivity index (χ2v) is 9.21. The zero-order valence-corrected chi connectivity index (χ0v) is 18.6. The van der Waals surface area contributed by atoms with Crippen LogP contribution in [-0.2, 0) is 14.3 Å². The summed E-state index contributed by atoms with van der Waals surface area (Å²) in [4.78, 5) is 31.6. The highest BCUT2D eigenvalue weighted by Gasteiger charge is 2.39. The van der Waals surface area contributed by atoms with Gasteiger partial charge in [0, 0.05) is 35.7 Å². The first-order valence-corrected chi connectivity index (χ1v) is 11.8. The molecule has 0 saturated carbocycles. The molecule has 31 heavy (non-hydrogen) atoms. The summed E-state index contributed by atoms with van der Waals surface area (Å²) < 4.78 is 5.49. The molecule has 2 aliphatic rings. The number of rotatable bonds is 5. The van der Waals surface area contributed by atoms with Gasteiger partial charge in [0.05, 0.1) is 18.0 Å². The molecule has 3 heterocycles. The lowest BCUT2D eigenvalue weighted by Crippen LogP contribution is -2.44. The Morgan fingerprint density at radius 2 is 2.03 bits per heavy atom. The number of anilines is 1. The van der Waals surface area contributed by atoms with Crippen molar-refractivity contribution >= 4 is 39.9 Å². The number of hydrogen-bond acceptors (Lipinski definition) is 5. The molecule has 1 fully saturated rings. The minimum absolute atomic E-state index is 0.0189. The minimum Gasteiger partial charge on any atom is -0.481 e. The van der Waals surface area contributed by atoms with Gasteiger partial charge >= 0.3 is 5.97 Å². The first kappa shape index (κ1) is 22.0. The van der Waals surface area contributed by atoms with Gasteiger partial charge in [0.2, 0.25) is 5.91 Å². The third-order valence-electron chi connectivity index (χ3n) is 6.10. The number of hydrogen-bond donors (Lipinski definition) is 1. The number of amides is 1. The molecular formula is C23H25ClN2O4S. The molecule has 2 aliphatic heterocycles. The van der Waals surface area contributed by atoms with Crippen LogP contribution in [0.3, 0.4) is 0 Å². The van der Waals surface area contributed by atoms with E-state index >= 15 is 0 Å². The van der Waals surface area contributed by atoms with Crippen molar-refractivity contribution in [3.8, 4) is 11.3 Å². The summed E-state index contributed by atoms with van der Waals surface area (Å²) in [6, 6.07) is 7.45. The minimum atomic E-state index is -0.948. The monoisotopic (exact) mass is 460 g/mol. The first-order valence-electron chi connectivity index (χ1n) is 10.5. The molecule has 1 saturated heterocycles. The van der Waals surface area contributed by atoms with Crippen LogP contribution in [0.1, 0.15) is 25.7 Å². The third-order valence-corrected chi connectivity index (χ3v) is 7.29. The molecule has 2 aromatic rings. The number of benzene rings is 1.